The van der Waals surface area contributed by atoms with Gasteiger partial charge in [0.05, 0.1) is 36.6 Å². The van der Waals surface area contributed by atoms with E-state index in [1.807, 2.05) is 22.8 Å². The summed E-state index contributed by atoms with van der Waals surface area (Å²) in [7, 11) is 1.59. The van der Waals surface area contributed by atoms with E-state index < -0.39 is 5.91 Å². The van der Waals surface area contributed by atoms with Crippen molar-refractivity contribution < 1.29 is 23.5 Å². The molecule has 3 aromatic rings. The molecule has 1 amide bonds. The molecule has 0 spiro atoms. The van der Waals surface area contributed by atoms with Crippen molar-refractivity contribution in [1.29, 1.82) is 0 Å². The first-order valence-electron chi connectivity index (χ1n) is 8.08. The Balaban J connectivity index is 2.04. The lowest BCUT2D eigenvalue weighted by Crippen LogP contribution is -2.19. The molecule has 0 unspecified atom stereocenters. The fourth-order valence-corrected chi connectivity index (χ4v) is 3.49. The van der Waals surface area contributed by atoms with Crippen LogP contribution in [0.15, 0.2) is 46.0 Å². The molecule has 0 saturated heterocycles. The first-order chi connectivity index (χ1) is 12.6. The van der Waals surface area contributed by atoms with Crippen molar-refractivity contribution in [3.63, 3.8) is 0 Å². The molecule has 2 aromatic heterocycles. The van der Waals surface area contributed by atoms with E-state index in [1.54, 1.807) is 26.2 Å². The Labute approximate surface area is 153 Å². The van der Waals surface area contributed by atoms with Gasteiger partial charge in [-0.25, -0.2) is 0 Å². The van der Waals surface area contributed by atoms with E-state index in [-0.39, 0.29) is 18.2 Å². The highest BCUT2D eigenvalue weighted by atomic mass is 32.1. The first-order valence-corrected chi connectivity index (χ1v) is 8.89. The molecule has 7 nitrogen and oxygen atoms in total. The molecule has 0 aliphatic rings. The number of nitrogens with zero attached hydrogens (tertiary/aromatic N) is 2. The van der Waals surface area contributed by atoms with E-state index in [1.165, 1.54) is 17.6 Å². The van der Waals surface area contributed by atoms with Gasteiger partial charge in [-0.2, -0.15) is 4.99 Å². The third-order valence-corrected chi connectivity index (χ3v) is 4.72. The average Bonchev–Trinajstić information content (AvgIpc) is 3.27. The number of esters is 1. The summed E-state index contributed by atoms with van der Waals surface area (Å²) in [6.07, 6.45) is 1.60. The van der Waals surface area contributed by atoms with Crippen molar-refractivity contribution in [2.24, 2.45) is 4.99 Å². The fourth-order valence-electron chi connectivity index (χ4n) is 2.46. The Morgan fingerprint density at radius 3 is 2.85 bits per heavy atom. The van der Waals surface area contributed by atoms with Gasteiger partial charge in [-0.05, 0) is 31.2 Å². The van der Waals surface area contributed by atoms with Gasteiger partial charge in [0.2, 0.25) is 0 Å². The summed E-state index contributed by atoms with van der Waals surface area (Å²) in [4.78, 5) is 28.7. The lowest BCUT2D eigenvalue weighted by atomic mass is 10.3. The van der Waals surface area contributed by atoms with Gasteiger partial charge < -0.3 is 18.5 Å². The summed E-state index contributed by atoms with van der Waals surface area (Å²) in [5.41, 5.74) is 0.838. The van der Waals surface area contributed by atoms with Crippen LogP contribution in [0.1, 0.15) is 23.9 Å². The molecule has 2 heterocycles. The van der Waals surface area contributed by atoms with Crippen molar-refractivity contribution in [2.75, 3.05) is 13.7 Å². The van der Waals surface area contributed by atoms with E-state index in [2.05, 4.69) is 4.99 Å². The molecular weight excluding hydrogens is 356 g/mol. The highest BCUT2D eigenvalue weighted by Crippen LogP contribution is 2.23. The molecule has 0 aliphatic heterocycles. The average molecular weight is 374 g/mol. The predicted molar refractivity (Wildman–Crippen MR) is 96.2 cm³/mol. The molecule has 0 aliphatic carbocycles. The summed E-state index contributed by atoms with van der Waals surface area (Å²) >= 11 is 1.36. The highest BCUT2D eigenvalue weighted by Gasteiger charge is 2.13. The number of aryl methyl sites for hydroxylation is 1. The number of ether oxygens (including phenoxy) is 2. The largest absolute Gasteiger partial charge is 0.497 e. The third kappa shape index (κ3) is 3.85. The molecular formula is C18H18N2O5S. The second-order valence-electron chi connectivity index (χ2n) is 5.32. The first kappa shape index (κ1) is 17.9. The van der Waals surface area contributed by atoms with Crippen LogP contribution in [0.2, 0.25) is 0 Å². The van der Waals surface area contributed by atoms with Gasteiger partial charge in [-0.15, -0.1) is 0 Å². The van der Waals surface area contributed by atoms with Crippen LogP contribution < -0.4 is 9.54 Å². The zero-order valence-electron chi connectivity index (χ0n) is 14.4. The minimum Gasteiger partial charge on any atom is -0.497 e. The normalized spacial score (nSPS) is 11.7. The lowest BCUT2D eigenvalue weighted by Gasteiger charge is -2.06. The number of hydrogen-bond acceptors (Lipinski definition) is 6. The Morgan fingerprint density at radius 2 is 2.15 bits per heavy atom. The smallest absolute Gasteiger partial charge is 0.315 e. The van der Waals surface area contributed by atoms with E-state index in [4.69, 9.17) is 13.9 Å². The molecule has 0 fully saturated rings. The number of hydrogen-bond donors (Lipinski definition) is 0. The van der Waals surface area contributed by atoms with Crippen molar-refractivity contribution in [3.05, 3.63) is 47.2 Å². The molecule has 0 radical (unpaired) electrons. The van der Waals surface area contributed by atoms with Crippen molar-refractivity contribution in [2.45, 2.75) is 19.9 Å². The Bertz CT molecular complexity index is 985. The number of fused-ring (bicyclic) bond motifs is 1. The van der Waals surface area contributed by atoms with E-state index in [0.29, 0.717) is 23.7 Å². The molecule has 26 heavy (non-hydrogen) atoms. The van der Waals surface area contributed by atoms with Crippen LogP contribution in [-0.4, -0.2) is 30.2 Å². The Morgan fingerprint density at radius 1 is 1.31 bits per heavy atom. The monoisotopic (exact) mass is 374 g/mol. The van der Waals surface area contributed by atoms with Crippen molar-refractivity contribution in [3.8, 4) is 5.75 Å². The van der Waals surface area contributed by atoms with Crippen LogP contribution in [0.3, 0.4) is 0 Å². The Kier molecular flexibility index (Phi) is 5.52. The fraction of sp³-hybridized carbons (Fsp3) is 0.278. The topological polar surface area (TPSA) is 83.0 Å². The summed E-state index contributed by atoms with van der Waals surface area (Å²) in [5, 5.41) is 0. The number of carbonyl (C=O) groups is 2. The summed E-state index contributed by atoms with van der Waals surface area (Å²) in [6.45, 7) is 2.44. The van der Waals surface area contributed by atoms with E-state index in [0.717, 1.165) is 10.2 Å². The number of thiazole rings is 1. The maximum Gasteiger partial charge on any atom is 0.315 e. The maximum absolute atomic E-state index is 12.3. The molecule has 136 valence electrons. The minimum absolute atomic E-state index is 0.164. The van der Waals surface area contributed by atoms with Gasteiger partial charge in [0.15, 0.2) is 10.6 Å². The minimum atomic E-state index is -0.474. The van der Waals surface area contributed by atoms with Crippen LogP contribution in [0.4, 0.5) is 0 Å². The van der Waals surface area contributed by atoms with E-state index in [9.17, 15) is 9.59 Å². The molecule has 0 bridgehead atoms. The molecule has 8 heteroatoms. The van der Waals surface area contributed by atoms with Gasteiger partial charge in [0, 0.05) is 12.6 Å². The molecule has 0 saturated carbocycles. The standard InChI is InChI=1S/C18H18N2O5S/c1-3-24-16(21)8-9-20-13-11-12(23-2)6-7-15(13)26-18(20)19-17(22)14-5-4-10-25-14/h4-7,10-11H,3,8-9H2,1-2H3. The quantitative estimate of drug-likeness (QED) is 0.620. The number of amides is 1. The highest BCUT2D eigenvalue weighted by molar-refractivity contribution is 7.16. The number of benzene rings is 1. The zero-order valence-corrected chi connectivity index (χ0v) is 15.2. The number of methoxy groups -OCH3 is 1. The SMILES string of the molecule is CCOC(=O)CCn1c(=NC(=O)c2ccco2)sc2ccc(OC)cc21. The molecule has 0 N–H and O–H groups in total. The number of furan rings is 1. The Hall–Kier alpha value is -2.87. The van der Waals surface area contributed by atoms with Crippen LogP contribution in [0, 0.1) is 0 Å². The van der Waals surface area contributed by atoms with Crippen molar-refractivity contribution >= 4 is 33.4 Å². The molecule has 1 aromatic carbocycles. The van der Waals surface area contributed by atoms with Gasteiger partial charge in [-0.1, -0.05) is 11.3 Å². The second-order valence-corrected chi connectivity index (χ2v) is 6.33. The second kappa shape index (κ2) is 8.01. The summed E-state index contributed by atoms with van der Waals surface area (Å²) < 4.78 is 18.1. The van der Waals surface area contributed by atoms with Gasteiger partial charge in [-0.3, -0.25) is 9.59 Å². The van der Waals surface area contributed by atoms with Gasteiger partial charge in [0.25, 0.3) is 0 Å². The van der Waals surface area contributed by atoms with Crippen molar-refractivity contribution in [1.82, 2.24) is 4.57 Å². The van der Waals surface area contributed by atoms with Crippen LogP contribution >= 0.6 is 11.3 Å². The summed E-state index contributed by atoms with van der Waals surface area (Å²) in [6, 6.07) is 8.79. The van der Waals surface area contributed by atoms with Crippen LogP contribution in [-0.2, 0) is 16.1 Å². The van der Waals surface area contributed by atoms with Gasteiger partial charge in [0.1, 0.15) is 5.75 Å². The molecule has 0 atom stereocenters. The summed E-state index contributed by atoms with van der Waals surface area (Å²) in [5.74, 6) is 0.0741. The van der Waals surface area contributed by atoms with Crippen LogP contribution in [0.5, 0.6) is 5.75 Å². The third-order valence-electron chi connectivity index (χ3n) is 3.66. The predicted octanol–water partition coefficient (Wildman–Crippen LogP) is 3.00. The zero-order chi connectivity index (χ0) is 18.5. The number of aromatic nitrogens is 1. The van der Waals surface area contributed by atoms with E-state index >= 15 is 0 Å². The number of carbonyl (C=O) groups excluding carboxylic acids is 2. The maximum atomic E-state index is 12.3. The van der Waals surface area contributed by atoms with Gasteiger partial charge >= 0.3 is 11.9 Å². The lowest BCUT2D eigenvalue weighted by molar-refractivity contribution is -0.143. The molecule has 3 rings (SSSR count). The number of rotatable bonds is 6. The van der Waals surface area contributed by atoms with Crippen LogP contribution in [0.25, 0.3) is 10.2 Å².